The Morgan fingerprint density at radius 1 is 1.53 bits per heavy atom. The Kier molecular flexibility index (Phi) is 4.22. The minimum atomic E-state index is 0.794. The second kappa shape index (κ2) is 5.70. The van der Waals surface area contributed by atoms with E-state index in [2.05, 4.69) is 10.5 Å². The number of rotatable bonds is 4. The highest BCUT2D eigenvalue weighted by Crippen LogP contribution is 2.16. The smallest absolute Gasteiger partial charge is 0.120 e. The molecule has 0 atom stereocenters. The fraction of sp³-hybridized carbons (Fsp3) is 0.182. The standard InChI is InChI=1S/C11H15N3O/c1-9(6-7-12)13-14-10-4-3-5-11(8-10)15-2/h3-8,14H,12H2,1-2H3/b7-6+,13-9-. The van der Waals surface area contributed by atoms with Crippen molar-refractivity contribution in [3.05, 3.63) is 36.5 Å². The Hall–Kier alpha value is -1.97. The Labute approximate surface area is 89.4 Å². The summed E-state index contributed by atoms with van der Waals surface area (Å²) in [5, 5.41) is 4.10. The van der Waals surface area contributed by atoms with E-state index in [1.54, 1.807) is 13.2 Å². The monoisotopic (exact) mass is 205 g/mol. The highest BCUT2D eigenvalue weighted by molar-refractivity contribution is 5.93. The van der Waals surface area contributed by atoms with Crippen molar-refractivity contribution in [2.24, 2.45) is 10.8 Å². The van der Waals surface area contributed by atoms with Crippen molar-refractivity contribution < 1.29 is 4.74 Å². The number of ether oxygens (including phenoxy) is 1. The number of hydrogen-bond acceptors (Lipinski definition) is 4. The molecule has 0 heterocycles. The maximum atomic E-state index is 5.23. The van der Waals surface area contributed by atoms with Crippen LogP contribution in [0.5, 0.6) is 5.75 Å². The molecule has 0 unspecified atom stereocenters. The van der Waals surface area contributed by atoms with Crippen molar-refractivity contribution in [1.82, 2.24) is 0 Å². The number of hydrazone groups is 1. The molecule has 0 aliphatic carbocycles. The fourth-order valence-electron chi connectivity index (χ4n) is 1.02. The summed E-state index contributed by atoms with van der Waals surface area (Å²) in [5.74, 6) is 0.794. The second-order valence-electron chi connectivity index (χ2n) is 2.96. The zero-order valence-electron chi connectivity index (χ0n) is 8.90. The predicted molar refractivity (Wildman–Crippen MR) is 63.1 cm³/mol. The Morgan fingerprint density at radius 2 is 2.33 bits per heavy atom. The number of nitrogens with one attached hydrogen (secondary N) is 1. The third kappa shape index (κ3) is 3.72. The Bertz CT molecular complexity index is 372. The van der Waals surface area contributed by atoms with Crippen LogP contribution in [-0.2, 0) is 0 Å². The molecule has 4 nitrogen and oxygen atoms in total. The molecule has 1 aromatic carbocycles. The highest BCUT2D eigenvalue weighted by Gasteiger charge is 1.93. The second-order valence-corrected chi connectivity index (χ2v) is 2.96. The fourth-order valence-corrected chi connectivity index (χ4v) is 1.02. The number of hydrogen-bond donors (Lipinski definition) is 2. The van der Waals surface area contributed by atoms with E-state index < -0.39 is 0 Å². The SMILES string of the molecule is COc1cccc(N/N=C(C)\C=C\N)c1. The van der Waals surface area contributed by atoms with Crippen LogP contribution in [0.25, 0.3) is 0 Å². The number of nitrogens with two attached hydrogens (primary N) is 1. The van der Waals surface area contributed by atoms with E-state index in [0.29, 0.717) is 0 Å². The minimum Gasteiger partial charge on any atom is -0.497 e. The third-order valence-corrected chi connectivity index (χ3v) is 1.77. The van der Waals surface area contributed by atoms with Gasteiger partial charge in [-0.05, 0) is 31.3 Å². The van der Waals surface area contributed by atoms with Gasteiger partial charge in [0.1, 0.15) is 5.75 Å². The summed E-state index contributed by atoms with van der Waals surface area (Å²) in [6.45, 7) is 1.86. The van der Waals surface area contributed by atoms with Crippen molar-refractivity contribution in [3.63, 3.8) is 0 Å². The van der Waals surface area contributed by atoms with Gasteiger partial charge >= 0.3 is 0 Å². The molecule has 0 saturated heterocycles. The first-order valence-corrected chi connectivity index (χ1v) is 4.59. The molecule has 0 fully saturated rings. The molecule has 1 aromatic rings. The summed E-state index contributed by atoms with van der Waals surface area (Å²) >= 11 is 0. The van der Waals surface area contributed by atoms with Gasteiger partial charge < -0.3 is 10.5 Å². The van der Waals surface area contributed by atoms with Crippen molar-refractivity contribution in [1.29, 1.82) is 0 Å². The highest BCUT2D eigenvalue weighted by atomic mass is 16.5. The summed E-state index contributed by atoms with van der Waals surface area (Å²) in [6, 6.07) is 7.54. The summed E-state index contributed by atoms with van der Waals surface area (Å²) in [4.78, 5) is 0. The van der Waals surface area contributed by atoms with Gasteiger partial charge in [0.25, 0.3) is 0 Å². The lowest BCUT2D eigenvalue weighted by atomic mass is 10.3. The largest absolute Gasteiger partial charge is 0.497 e. The van der Waals surface area contributed by atoms with E-state index in [9.17, 15) is 0 Å². The molecule has 0 radical (unpaired) electrons. The molecule has 80 valence electrons. The van der Waals surface area contributed by atoms with Crippen LogP contribution in [0, 0.1) is 0 Å². The van der Waals surface area contributed by atoms with E-state index >= 15 is 0 Å². The van der Waals surface area contributed by atoms with E-state index in [-0.39, 0.29) is 0 Å². The van der Waals surface area contributed by atoms with E-state index in [1.807, 2.05) is 31.2 Å². The van der Waals surface area contributed by atoms with E-state index in [0.717, 1.165) is 17.1 Å². The number of benzene rings is 1. The molecule has 15 heavy (non-hydrogen) atoms. The topological polar surface area (TPSA) is 59.6 Å². The van der Waals surface area contributed by atoms with E-state index in [1.165, 1.54) is 6.20 Å². The third-order valence-electron chi connectivity index (χ3n) is 1.77. The quantitative estimate of drug-likeness (QED) is 0.583. The maximum absolute atomic E-state index is 5.23. The van der Waals surface area contributed by atoms with Gasteiger partial charge in [-0.1, -0.05) is 6.07 Å². The summed E-state index contributed by atoms with van der Waals surface area (Å²) in [5.41, 5.74) is 9.82. The van der Waals surface area contributed by atoms with Crippen molar-refractivity contribution in [2.45, 2.75) is 6.92 Å². The molecule has 4 heteroatoms. The zero-order chi connectivity index (χ0) is 11.1. The van der Waals surface area contributed by atoms with Gasteiger partial charge in [-0.2, -0.15) is 5.10 Å². The van der Waals surface area contributed by atoms with Gasteiger partial charge in [0.05, 0.1) is 18.5 Å². The van der Waals surface area contributed by atoms with Crippen LogP contribution >= 0.6 is 0 Å². The first kappa shape index (κ1) is 11.1. The first-order chi connectivity index (χ1) is 7.26. The lowest BCUT2D eigenvalue weighted by Gasteiger charge is -2.03. The van der Waals surface area contributed by atoms with Gasteiger partial charge in [-0.3, -0.25) is 5.43 Å². The number of anilines is 1. The van der Waals surface area contributed by atoms with Gasteiger partial charge in [0.2, 0.25) is 0 Å². The number of allylic oxidation sites excluding steroid dienone is 1. The summed E-state index contributed by atoms with van der Waals surface area (Å²) in [6.07, 6.45) is 3.17. The van der Waals surface area contributed by atoms with Crippen molar-refractivity contribution >= 4 is 11.4 Å². The van der Waals surface area contributed by atoms with Crippen LogP contribution in [0.4, 0.5) is 5.69 Å². The maximum Gasteiger partial charge on any atom is 0.120 e. The molecule has 0 aromatic heterocycles. The molecule has 3 N–H and O–H groups in total. The van der Waals surface area contributed by atoms with Crippen molar-refractivity contribution in [3.8, 4) is 5.75 Å². The predicted octanol–water partition coefficient (Wildman–Crippen LogP) is 1.96. The van der Waals surface area contributed by atoms with Gasteiger partial charge in [-0.15, -0.1) is 0 Å². The van der Waals surface area contributed by atoms with Gasteiger partial charge in [0, 0.05) is 6.07 Å². The van der Waals surface area contributed by atoms with Crippen LogP contribution in [0.3, 0.4) is 0 Å². The Morgan fingerprint density at radius 3 is 3.00 bits per heavy atom. The van der Waals surface area contributed by atoms with Crippen LogP contribution in [0.1, 0.15) is 6.92 Å². The average Bonchev–Trinajstić information content (AvgIpc) is 2.27. The van der Waals surface area contributed by atoms with Gasteiger partial charge in [-0.25, -0.2) is 0 Å². The Balaban J connectivity index is 2.68. The molecular formula is C11H15N3O. The molecule has 0 aliphatic heterocycles. The van der Waals surface area contributed by atoms with Crippen LogP contribution in [-0.4, -0.2) is 12.8 Å². The van der Waals surface area contributed by atoms with E-state index in [4.69, 9.17) is 10.5 Å². The molecule has 0 bridgehead atoms. The lowest BCUT2D eigenvalue weighted by molar-refractivity contribution is 0.415. The summed E-state index contributed by atoms with van der Waals surface area (Å²) < 4.78 is 5.09. The molecule has 0 spiro atoms. The summed E-state index contributed by atoms with van der Waals surface area (Å²) in [7, 11) is 1.63. The molecular weight excluding hydrogens is 190 g/mol. The number of methoxy groups -OCH3 is 1. The van der Waals surface area contributed by atoms with Crippen LogP contribution in [0.2, 0.25) is 0 Å². The molecule has 0 amide bonds. The zero-order valence-corrected chi connectivity index (χ0v) is 8.90. The van der Waals surface area contributed by atoms with Gasteiger partial charge in [0.15, 0.2) is 0 Å². The van der Waals surface area contributed by atoms with Crippen LogP contribution in [0.15, 0.2) is 41.6 Å². The van der Waals surface area contributed by atoms with Crippen LogP contribution < -0.4 is 15.9 Å². The minimum absolute atomic E-state index is 0.794. The number of nitrogens with zero attached hydrogens (tertiary/aromatic N) is 1. The van der Waals surface area contributed by atoms with Crippen molar-refractivity contribution in [2.75, 3.05) is 12.5 Å². The average molecular weight is 205 g/mol. The lowest BCUT2D eigenvalue weighted by Crippen LogP contribution is -1.95. The molecule has 0 aliphatic rings. The first-order valence-electron chi connectivity index (χ1n) is 4.59. The normalized spacial score (nSPS) is 11.7. The molecule has 1 rings (SSSR count). The molecule has 0 saturated carbocycles.